The van der Waals surface area contributed by atoms with E-state index in [1.807, 2.05) is 38.1 Å². The van der Waals surface area contributed by atoms with Crippen LogP contribution in [0.25, 0.3) is 0 Å². The third-order valence-electron chi connectivity index (χ3n) is 2.95. The zero-order valence-electron chi connectivity index (χ0n) is 11.2. The van der Waals surface area contributed by atoms with Gasteiger partial charge in [-0.2, -0.15) is 0 Å². The van der Waals surface area contributed by atoms with Gasteiger partial charge in [-0.1, -0.05) is 44.0 Å². The highest BCUT2D eigenvalue weighted by Crippen LogP contribution is 2.26. The van der Waals surface area contributed by atoms with Crippen LogP contribution in [0.3, 0.4) is 0 Å². The quantitative estimate of drug-likeness (QED) is 0.671. The van der Waals surface area contributed by atoms with Crippen molar-refractivity contribution in [2.75, 3.05) is 6.61 Å². The lowest BCUT2D eigenvalue weighted by molar-refractivity contribution is 0.0921. The molecule has 0 unspecified atom stereocenters. The van der Waals surface area contributed by atoms with Gasteiger partial charge < -0.3 is 4.74 Å². The molecule has 0 atom stereocenters. The lowest BCUT2D eigenvalue weighted by atomic mass is 10.1. The number of aryl methyl sites for hydroxylation is 2. The van der Waals surface area contributed by atoms with Crippen LogP contribution in [0.2, 0.25) is 0 Å². The zero-order chi connectivity index (χ0) is 14.7. The maximum atomic E-state index is 12.0. The number of Topliss-reactive ketones (excluding diaryl/α,β-unsaturated/α-hetero) is 1. The van der Waals surface area contributed by atoms with Crippen LogP contribution >= 0.6 is 31.9 Å². The Hall–Kier alpha value is -1.13. The minimum absolute atomic E-state index is 0.0317. The minimum Gasteiger partial charge on any atom is -0.485 e. The van der Waals surface area contributed by atoms with Crippen molar-refractivity contribution in [3.63, 3.8) is 0 Å². The molecule has 0 N–H and O–H groups in total. The van der Waals surface area contributed by atoms with Crippen LogP contribution in [0, 0.1) is 13.8 Å². The van der Waals surface area contributed by atoms with Gasteiger partial charge in [-0.15, -0.1) is 0 Å². The van der Waals surface area contributed by atoms with Gasteiger partial charge >= 0.3 is 0 Å². The highest BCUT2D eigenvalue weighted by molar-refractivity contribution is 9.10. The number of hydrogen-bond acceptors (Lipinski definition) is 2. The maximum Gasteiger partial charge on any atom is 0.200 e. The summed E-state index contributed by atoms with van der Waals surface area (Å²) in [5.74, 6) is 0.685. The minimum atomic E-state index is -0.0317. The SMILES string of the molecule is Cc1cc(OCC(=O)c2ccc(Br)cc2)cc(C)c1Br. The number of hydrogen-bond donors (Lipinski definition) is 0. The van der Waals surface area contributed by atoms with Gasteiger partial charge in [0.2, 0.25) is 0 Å². The zero-order valence-corrected chi connectivity index (χ0v) is 14.4. The van der Waals surface area contributed by atoms with Gasteiger partial charge in [-0.05, 0) is 49.2 Å². The number of ether oxygens (including phenoxy) is 1. The van der Waals surface area contributed by atoms with E-state index < -0.39 is 0 Å². The van der Waals surface area contributed by atoms with E-state index in [4.69, 9.17) is 4.74 Å². The first kappa shape index (κ1) is 15.3. The largest absolute Gasteiger partial charge is 0.485 e. The van der Waals surface area contributed by atoms with E-state index in [1.165, 1.54) is 0 Å². The number of ketones is 1. The average Bonchev–Trinajstić information content (AvgIpc) is 2.42. The van der Waals surface area contributed by atoms with Crippen LogP contribution < -0.4 is 4.74 Å². The van der Waals surface area contributed by atoms with Gasteiger partial charge in [-0.3, -0.25) is 4.79 Å². The van der Waals surface area contributed by atoms with E-state index in [-0.39, 0.29) is 12.4 Å². The monoisotopic (exact) mass is 396 g/mol. The van der Waals surface area contributed by atoms with Gasteiger partial charge in [0.05, 0.1) is 0 Å². The van der Waals surface area contributed by atoms with Crippen LogP contribution in [0.4, 0.5) is 0 Å². The van der Waals surface area contributed by atoms with Crippen molar-refractivity contribution in [3.8, 4) is 5.75 Å². The molecule has 0 radical (unpaired) electrons. The molecule has 0 aliphatic heterocycles. The molecule has 104 valence electrons. The predicted octanol–water partition coefficient (Wildman–Crippen LogP) is 5.09. The topological polar surface area (TPSA) is 26.3 Å². The Morgan fingerprint density at radius 1 is 1.05 bits per heavy atom. The van der Waals surface area contributed by atoms with Crippen molar-refractivity contribution < 1.29 is 9.53 Å². The summed E-state index contributed by atoms with van der Waals surface area (Å²) < 4.78 is 7.61. The third-order valence-corrected chi connectivity index (χ3v) is 4.73. The summed E-state index contributed by atoms with van der Waals surface area (Å²) in [5.41, 5.74) is 2.84. The molecule has 0 aliphatic carbocycles. The van der Waals surface area contributed by atoms with Gasteiger partial charge in [0.15, 0.2) is 12.4 Å². The number of rotatable bonds is 4. The molecule has 0 amide bonds. The summed E-state index contributed by atoms with van der Waals surface area (Å²) >= 11 is 6.86. The summed E-state index contributed by atoms with van der Waals surface area (Å²) in [5, 5.41) is 0. The van der Waals surface area contributed by atoms with Crippen LogP contribution in [-0.2, 0) is 0 Å². The predicted molar refractivity (Wildman–Crippen MR) is 87.6 cm³/mol. The summed E-state index contributed by atoms with van der Waals surface area (Å²) in [6, 6.07) is 11.1. The highest BCUT2D eigenvalue weighted by Gasteiger charge is 2.08. The van der Waals surface area contributed by atoms with Crippen molar-refractivity contribution in [1.29, 1.82) is 0 Å². The fourth-order valence-corrected chi connectivity index (χ4v) is 2.35. The Kier molecular flexibility index (Phi) is 5.00. The van der Waals surface area contributed by atoms with Gasteiger partial charge in [0.1, 0.15) is 5.75 Å². The lowest BCUT2D eigenvalue weighted by Crippen LogP contribution is -2.11. The van der Waals surface area contributed by atoms with Crippen LogP contribution in [-0.4, -0.2) is 12.4 Å². The molecule has 2 aromatic rings. The second-order valence-electron chi connectivity index (χ2n) is 4.59. The van der Waals surface area contributed by atoms with Crippen LogP contribution in [0.15, 0.2) is 45.3 Å². The Morgan fingerprint density at radius 3 is 2.15 bits per heavy atom. The first-order valence-corrected chi connectivity index (χ1v) is 7.74. The average molecular weight is 398 g/mol. The van der Waals surface area contributed by atoms with E-state index in [0.717, 1.165) is 20.1 Å². The van der Waals surface area contributed by atoms with E-state index >= 15 is 0 Å². The number of carbonyl (C=O) groups is 1. The maximum absolute atomic E-state index is 12.0. The standard InChI is InChI=1S/C16H14Br2O2/c1-10-7-14(8-11(2)16(10)18)20-9-15(19)12-3-5-13(17)6-4-12/h3-8H,9H2,1-2H3. The third kappa shape index (κ3) is 3.70. The summed E-state index contributed by atoms with van der Waals surface area (Å²) in [7, 11) is 0. The Morgan fingerprint density at radius 2 is 1.60 bits per heavy atom. The number of benzene rings is 2. The molecule has 0 bridgehead atoms. The van der Waals surface area contributed by atoms with Crippen molar-refractivity contribution >= 4 is 37.6 Å². The molecule has 0 fully saturated rings. The molecular formula is C16H14Br2O2. The van der Waals surface area contributed by atoms with Crippen LogP contribution in [0.5, 0.6) is 5.75 Å². The summed E-state index contributed by atoms with van der Waals surface area (Å²) in [6.45, 7) is 4.04. The second kappa shape index (κ2) is 6.55. The molecule has 0 spiro atoms. The molecule has 2 rings (SSSR count). The van der Waals surface area contributed by atoms with Gasteiger partial charge in [0.25, 0.3) is 0 Å². The Labute approximate surface area is 135 Å². The molecule has 0 saturated carbocycles. The highest BCUT2D eigenvalue weighted by atomic mass is 79.9. The smallest absolute Gasteiger partial charge is 0.200 e. The fourth-order valence-electron chi connectivity index (χ4n) is 1.86. The van der Waals surface area contributed by atoms with Crippen LogP contribution in [0.1, 0.15) is 21.5 Å². The van der Waals surface area contributed by atoms with E-state index in [2.05, 4.69) is 31.9 Å². The molecule has 0 heterocycles. The van der Waals surface area contributed by atoms with Gasteiger partial charge in [0, 0.05) is 14.5 Å². The van der Waals surface area contributed by atoms with Crippen molar-refractivity contribution in [1.82, 2.24) is 0 Å². The normalized spacial score (nSPS) is 10.4. The summed E-state index contributed by atoms with van der Waals surface area (Å²) in [4.78, 5) is 12.0. The van der Waals surface area contributed by atoms with E-state index in [0.29, 0.717) is 11.3 Å². The second-order valence-corrected chi connectivity index (χ2v) is 6.30. The van der Waals surface area contributed by atoms with Crippen molar-refractivity contribution in [2.24, 2.45) is 0 Å². The Balaban J connectivity index is 2.05. The molecular weight excluding hydrogens is 384 g/mol. The first-order chi connectivity index (χ1) is 9.47. The van der Waals surface area contributed by atoms with Gasteiger partial charge in [-0.25, -0.2) is 0 Å². The molecule has 0 aromatic heterocycles. The molecule has 2 nitrogen and oxygen atoms in total. The molecule has 2 aromatic carbocycles. The summed E-state index contributed by atoms with van der Waals surface area (Å²) in [6.07, 6.45) is 0. The van der Waals surface area contributed by atoms with E-state index in [9.17, 15) is 4.79 Å². The molecule has 0 saturated heterocycles. The number of carbonyl (C=O) groups excluding carboxylic acids is 1. The Bertz CT molecular complexity index is 610. The molecule has 20 heavy (non-hydrogen) atoms. The molecule has 0 aliphatic rings. The number of halogens is 2. The van der Waals surface area contributed by atoms with Crippen molar-refractivity contribution in [2.45, 2.75) is 13.8 Å². The molecule has 4 heteroatoms. The lowest BCUT2D eigenvalue weighted by Gasteiger charge is -2.09. The first-order valence-electron chi connectivity index (χ1n) is 6.15. The van der Waals surface area contributed by atoms with E-state index in [1.54, 1.807) is 12.1 Å². The fraction of sp³-hybridized carbons (Fsp3) is 0.188. The van der Waals surface area contributed by atoms with Crippen molar-refractivity contribution in [3.05, 3.63) is 62.0 Å².